The topological polar surface area (TPSA) is 93.5 Å². The molecule has 0 radical (unpaired) electrons. The molecule has 0 saturated heterocycles. The highest BCUT2D eigenvalue weighted by molar-refractivity contribution is 7.31. The lowest BCUT2D eigenvalue weighted by atomic mass is 10.0. The molecule has 0 unspecified atom stereocenters. The zero-order valence-electron chi connectivity index (χ0n) is 20.8. The van der Waals surface area contributed by atoms with Crippen LogP contribution in [0.15, 0.2) is 60.8 Å². The third-order valence-corrected chi connectivity index (χ3v) is 8.58. The number of anilines is 1. The molecular formula is C28H24FN3O4S2. The highest BCUT2D eigenvalue weighted by Gasteiger charge is 2.20. The number of thiophene rings is 2. The number of rotatable bonds is 7. The van der Waals surface area contributed by atoms with E-state index in [0.717, 1.165) is 35.8 Å². The number of carboxylic acid groups (broad SMARTS) is 1. The highest BCUT2D eigenvalue weighted by Crippen LogP contribution is 2.44. The van der Waals surface area contributed by atoms with E-state index in [1.54, 1.807) is 30.9 Å². The summed E-state index contributed by atoms with van der Waals surface area (Å²) in [5.74, 6) is -0.921. The summed E-state index contributed by atoms with van der Waals surface area (Å²) in [7, 11) is 1.74. The average molecular weight is 550 g/mol. The largest absolute Gasteiger partial charge is 0.481 e. The van der Waals surface area contributed by atoms with Crippen LogP contribution in [-0.4, -0.2) is 26.9 Å². The van der Waals surface area contributed by atoms with Gasteiger partial charge in [0.25, 0.3) is 0 Å². The van der Waals surface area contributed by atoms with E-state index < -0.39 is 24.0 Å². The summed E-state index contributed by atoms with van der Waals surface area (Å²) in [5.41, 5.74) is 3.30. The van der Waals surface area contributed by atoms with Crippen molar-refractivity contribution in [3.63, 3.8) is 0 Å². The van der Waals surface area contributed by atoms with Crippen LogP contribution in [0.2, 0.25) is 0 Å². The van der Waals surface area contributed by atoms with Crippen LogP contribution in [0.1, 0.15) is 29.7 Å². The van der Waals surface area contributed by atoms with Gasteiger partial charge in [-0.05, 0) is 54.8 Å². The Hall–Kier alpha value is -4.02. The lowest BCUT2D eigenvalue weighted by Crippen LogP contribution is -2.18. The van der Waals surface area contributed by atoms with Gasteiger partial charge in [0.05, 0.1) is 18.2 Å². The second-order valence-electron chi connectivity index (χ2n) is 8.89. The molecular weight excluding hydrogens is 525 g/mol. The maximum absolute atomic E-state index is 14.9. The molecule has 0 aliphatic rings. The third-order valence-electron chi connectivity index (χ3n) is 6.22. The molecule has 38 heavy (non-hydrogen) atoms. The number of aliphatic carboxylic acids is 1. The molecule has 1 atom stereocenters. The van der Waals surface area contributed by atoms with E-state index in [0.29, 0.717) is 16.9 Å². The first-order chi connectivity index (χ1) is 18.2. The van der Waals surface area contributed by atoms with Crippen molar-refractivity contribution in [2.24, 2.45) is 7.05 Å². The first kappa shape index (κ1) is 25.6. The number of halogens is 1. The Morgan fingerprint density at radius 3 is 2.39 bits per heavy atom. The van der Waals surface area contributed by atoms with Crippen LogP contribution in [0.3, 0.4) is 0 Å². The van der Waals surface area contributed by atoms with Gasteiger partial charge in [0.15, 0.2) is 0 Å². The van der Waals surface area contributed by atoms with Gasteiger partial charge in [-0.2, -0.15) is 5.10 Å². The summed E-state index contributed by atoms with van der Waals surface area (Å²) in [5, 5.41) is 16.2. The quantitative estimate of drug-likeness (QED) is 0.220. The Morgan fingerprint density at radius 2 is 1.74 bits per heavy atom. The molecule has 0 fully saturated rings. The zero-order valence-corrected chi connectivity index (χ0v) is 22.5. The minimum Gasteiger partial charge on any atom is -0.481 e. The molecule has 0 aliphatic heterocycles. The molecule has 3 aromatic heterocycles. The minimum atomic E-state index is -0.993. The Labute approximate surface area is 226 Å². The van der Waals surface area contributed by atoms with Gasteiger partial charge in [-0.1, -0.05) is 30.3 Å². The number of carboxylic acids is 1. The van der Waals surface area contributed by atoms with Crippen molar-refractivity contribution in [3.8, 4) is 20.9 Å². The molecule has 5 aromatic rings. The number of aromatic nitrogens is 2. The maximum Gasteiger partial charge on any atom is 0.413 e. The number of hydrogen-bond acceptors (Lipinski definition) is 6. The Morgan fingerprint density at radius 1 is 1.08 bits per heavy atom. The summed E-state index contributed by atoms with van der Waals surface area (Å²) in [6.07, 6.45) is 0.479. The van der Waals surface area contributed by atoms with E-state index in [1.807, 2.05) is 49.4 Å². The van der Waals surface area contributed by atoms with Gasteiger partial charge in [0.2, 0.25) is 0 Å². The van der Waals surface area contributed by atoms with E-state index in [-0.39, 0.29) is 6.42 Å². The van der Waals surface area contributed by atoms with Crippen molar-refractivity contribution in [3.05, 3.63) is 83.3 Å². The van der Waals surface area contributed by atoms with Crippen molar-refractivity contribution >= 4 is 50.0 Å². The maximum atomic E-state index is 14.9. The fourth-order valence-corrected chi connectivity index (χ4v) is 6.64. The number of carbonyl (C=O) groups is 2. The van der Waals surface area contributed by atoms with Gasteiger partial charge in [-0.3, -0.25) is 14.8 Å². The first-order valence-corrected chi connectivity index (χ1v) is 13.4. The molecule has 2 N–H and O–H groups in total. The van der Waals surface area contributed by atoms with E-state index in [4.69, 9.17) is 9.84 Å². The fourth-order valence-electron chi connectivity index (χ4n) is 4.21. The summed E-state index contributed by atoms with van der Waals surface area (Å²) in [4.78, 5) is 25.4. The SMILES string of the molecule is Cc1cc(-c2cc3sc(-c4cnn(C)c4NC(=O)O[C@H](C)c4ccccc4)cc3s2)c(F)cc1CC(=O)O. The van der Waals surface area contributed by atoms with E-state index in [2.05, 4.69) is 10.4 Å². The Bertz CT molecular complexity index is 1620. The highest BCUT2D eigenvalue weighted by atomic mass is 32.1. The predicted octanol–water partition coefficient (Wildman–Crippen LogP) is 7.41. The van der Waals surface area contributed by atoms with Crippen LogP contribution < -0.4 is 5.32 Å². The second kappa shape index (κ2) is 10.4. The van der Waals surface area contributed by atoms with Crippen LogP contribution in [0, 0.1) is 12.7 Å². The van der Waals surface area contributed by atoms with E-state index in [1.165, 1.54) is 28.7 Å². The van der Waals surface area contributed by atoms with Crippen LogP contribution in [0.4, 0.5) is 15.0 Å². The van der Waals surface area contributed by atoms with Gasteiger partial charge in [0.1, 0.15) is 17.7 Å². The molecule has 3 heterocycles. The summed E-state index contributed by atoms with van der Waals surface area (Å²) in [6, 6.07) is 16.4. The lowest BCUT2D eigenvalue weighted by Gasteiger charge is -2.14. The molecule has 10 heteroatoms. The minimum absolute atomic E-state index is 0.216. The molecule has 0 bridgehead atoms. The van der Waals surface area contributed by atoms with Gasteiger partial charge >= 0.3 is 12.1 Å². The van der Waals surface area contributed by atoms with E-state index >= 15 is 0 Å². The number of ether oxygens (including phenoxy) is 1. The van der Waals surface area contributed by atoms with Gasteiger partial charge in [-0.15, -0.1) is 22.7 Å². The standard InChI is InChI=1S/C28H24FN3O4S2/c1-15-9-19(21(29)10-18(15)11-26(33)34)22-12-24-25(37-22)13-23(38-24)20-14-30-32(3)27(20)31-28(35)36-16(2)17-7-5-4-6-8-17/h4-10,12-14,16H,11H2,1-3H3,(H,31,35)(H,33,34)/t16-/m1/s1. The normalized spacial score (nSPS) is 12.0. The number of nitrogens with one attached hydrogen (secondary N) is 1. The van der Waals surface area contributed by atoms with Crippen LogP contribution in [-0.2, 0) is 23.0 Å². The molecule has 0 spiro atoms. The Kier molecular flexibility index (Phi) is 7.00. The Balaban J connectivity index is 1.37. The molecule has 194 valence electrons. The monoisotopic (exact) mass is 549 g/mol. The van der Waals surface area contributed by atoms with Crippen molar-refractivity contribution in [1.29, 1.82) is 0 Å². The molecule has 2 aromatic carbocycles. The number of amides is 1. The van der Waals surface area contributed by atoms with Crippen molar-refractivity contribution in [2.75, 3.05) is 5.32 Å². The first-order valence-electron chi connectivity index (χ1n) is 11.8. The van der Waals surface area contributed by atoms with Crippen LogP contribution >= 0.6 is 22.7 Å². The lowest BCUT2D eigenvalue weighted by molar-refractivity contribution is -0.136. The molecule has 0 aliphatic carbocycles. The molecule has 7 nitrogen and oxygen atoms in total. The smallest absolute Gasteiger partial charge is 0.413 e. The predicted molar refractivity (Wildman–Crippen MR) is 148 cm³/mol. The third kappa shape index (κ3) is 5.18. The van der Waals surface area contributed by atoms with Crippen molar-refractivity contribution < 1.29 is 23.8 Å². The van der Waals surface area contributed by atoms with Gasteiger partial charge in [-0.25, -0.2) is 9.18 Å². The number of benzene rings is 2. The number of carbonyl (C=O) groups excluding carboxylic acids is 1. The summed E-state index contributed by atoms with van der Waals surface area (Å²) in [6.45, 7) is 3.60. The van der Waals surface area contributed by atoms with Gasteiger partial charge < -0.3 is 9.84 Å². The number of fused-ring (bicyclic) bond motifs is 1. The summed E-state index contributed by atoms with van der Waals surface area (Å²) >= 11 is 2.97. The number of hydrogen-bond donors (Lipinski definition) is 2. The summed E-state index contributed by atoms with van der Waals surface area (Å²) < 4.78 is 24.0. The fraction of sp³-hybridized carbons (Fsp3) is 0.179. The number of nitrogens with zero attached hydrogens (tertiary/aromatic N) is 2. The zero-order chi connectivity index (χ0) is 27.0. The number of aryl methyl sites for hydroxylation is 2. The molecule has 5 rings (SSSR count). The van der Waals surface area contributed by atoms with Crippen LogP contribution in [0.5, 0.6) is 0 Å². The second-order valence-corrected chi connectivity index (χ2v) is 11.1. The molecule has 1 amide bonds. The van der Waals surface area contributed by atoms with Gasteiger partial charge in [0, 0.05) is 31.8 Å². The average Bonchev–Trinajstić information content (AvgIpc) is 3.55. The van der Waals surface area contributed by atoms with Crippen molar-refractivity contribution in [2.45, 2.75) is 26.4 Å². The van der Waals surface area contributed by atoms with Crippen molar-refractivity contribution in [1.82, 2.24) is 9.78 Å². The van der Waals surface area contributed by atoms with E-state index in [9.17, 15) is 14.0 Å². The van der Waals surface area contributed by atoms with Crippen LogP contribution in [0.25, 0.3) is 30.3 Å². The molecule has 0 saturated carbocycles.